The van der Waals surface area contributed by atoms with E-state index in [9.17, 15) is 9.59 Å². The van der Waals surface area contributed by atoms with E-state index in [4.69, 9.17) is 23.2 Å². The van der Waals surface area contributed by atoms with Crippen molar-refractivity contribution in [3.05, 3.63) is 92.8 Å². The first kappa shape index (κ1) is 35.6. The second-order valence-corrected chi connectivity index (χ2v) is 14.2. The number of nitrogens with zero attached hydrogens (tertiary/aromatic N) is 7. The van der Waals surface area contributed by atoms with E-state index in [1.807, 2.05) is 38.7 Å². The highest BCUT2D eigenvalue weighted by Crippen LogP contribution is 2.40. The number of carbonyl (C=O) groups is 1. The fraction of sp³-hybridized carbons (Fsp3) is 0.405. The Hall–Kier alpha value is -4.66. The zero-order chi connectivity index (χ0) is 35.6. The van der Waals surface area contributed by atoms with E-state index >= 15 is 4.39 Å². The van der Waals surface area contributed by atoms with E-state index in [1.54, 1.807) is 35.2 Å². The van der Waals surface area contributed by atoms with Crippen molar-refractivity contribution in [3.8, 4) is 16.9 Å². The SMILES string of the molecule is [C-]#[N+]c1c(N2CCN(C(=O)/C=C/CNC(C)(C)C)CC2)c2cc(Cl)c(-c3ccccc3F)nc2n(-c2c(C(C)C)ncnc2C(C)C)c1=O. The van der Waals surface area contributed by atoms with Crippen molar-refractivity contribution in [2.45, 2.75) is 65.8 Å². The molecule has 3 aromatic heterocycles. The number of nitrogens with one attached hydrogen (secondary N) is 1. The van der Waals surface area contributed by atoms with Crippen molar-refractivity contribution in [1.82, 2.24) is 29.7 Å². The maximum atomic E-state index is 15.2. The van der Waals surface area contributed by atoms with Gasteiger partial charge in [0, 0.05) is 55.3 Å². The van der Waals surface area contributed by atoms with Crippen LogP contribution in [0.15, 0.2) is 53.6 Å². The molecule has 5 rings (SSSR count). The molecule has 256 valence electrons. The van der Waals surface area contributed by atoms with Crippen molar-refractivity contribution in [3.63, 3.8) is 0 Å². The molecule has 1 aromatic carbocycles. The Labute approximate surface area is 291 Å². The average molecular weight is 685 g/mol. The third-order valence-corrected chi connectivity index (χ3v) is 8.70. The minimum Gasteiger partial charge on any atom is -0.376 e. The Balaban J connectivity index is 1.70. The number of hydrogen-bond donors (Lipinski definition) is 1. The summed E-state index contributed by atoms with van der Waals surface area (Å²) in [6.45, 7) is 24.4. The van der Waals surface area contributed by atoms with Crippen LogP contribution < -0.4 is 15.8 Å². The Morgan fingerprint density at radius 2 is 1.69 bits per heavy atom. The van der Waals surface area contributed by atoms with Gasteiger partial charge in [0.2, 0.25) is 5.91 Å². The van der Waals surface area contributed by atoms with Crippen molar-refractivity contribution in [2.75, 3.05) is 37.6 Å². The summed E-state index contributed by atoms with van der Waals surface area (Å²) < 4.78 is 16.6. The normalized spacial score (nSPS) is 14.0. The topological polar surface area (TPSA) is 101 Å². The maximum absolute atomic E-state index is 15.2. The van der Waals surface area contributed by atoms with E-state index < -0.39 is 11.4 Å². The molecule has 0 aliphatic carbocycles. The molecular weight excluding hydrogens is 643 g/mol. The summed E-state index contributed by atoms with van der Waals surface area (Å²) in [5.74, 6) is -0.820. The van der Waals surface area contributed by atoms with Gasteiger partial charge in [-0.1, -0.05) is 57.5 Å². The van der Waals surface area contributed by atoms with E-state index in [-0.39, 0.29) is 50.9 Å². The lowest BCUT2D eigenvalue weighted by molar-refractivity contribution is -0.126. The van der Waals surface area contributed by atoms with Gasteiger partial charge in [-0.05, 0) is 50.8 Å². The summed E-state index contributed by atoms with van der Waals surface area (Å²) in [5.41, 5.74) is 1.87. The minimum atomic E-state index is -0.585. The van der Waals surface area contributed by atoms with Crippen LogP contribution in [0.2, 0.25) is 5.02 Å². The largest absolute Gasteiger partial charge is 0.376 e. The fourth-order valence-electron chi connectivity index (χ4n) is 5.99. The lowest BCUT2D eigenvalue weighted by atomic mass is 10.0. The molecule has 0 saturated carbocycles. The number of piperazine rings is 1. The summed E-state index contributed by atoms with van der Waals surface area (Å²) in [6.07, 6.45) is 4.87. The van der Waals surface area contributed by atoms with Gasteiger partial charge in [-0.25, -0.2) is 24.2 Å². The molecule has 0 spiro atoms. The molecule has 1 fully saturated rings. The van der Waals surface area contributed by atoms with Gasteiger partial charge in [0.25, 0.3) is 11.2 Å². The number of amides is 1. The lowest BCUT2D eigenvalue weighted by Crippen LogP contribution is -2.48. The van der Waals surface area contributed by atoms with Crippen molar-refractivity contribution >= 4 is 39.9 Å². The smallest absolute Gasteiger partial charge is 0.274 e. The highest BCUT2D eigenvalue weighted by Gasteiger charge is 2.30. The van der Waals surface area contributed by atoms with Gasteiger partial charge < -0.3 is 15.1 Å². The maximum Gasteiger partial charge on any atom is 0.274 e. The zero-order valence-corrected chi connectivity index (χ0v) is 29.8. The first-order valence-corrected chi connectivity index (χ1v) is 16.8. The molecule has 1 amide bonds. The van der Waals surface area contributed by atoms with Gasteiger partial charge in [0.15, 0.2) is 0 Å². The summed E-state index contributed by atoms with van der Waals surface area (Å²) in [4.78, 5) is 49.2. The minimum absolute atomic E-state index is 0.0648. The molecule has 49 heavy (non-hydrogen) atoms. The molecule has 0 unspecified atom stereocenters. The number of hydrogen-bond acceptors (Lipinski definition) is 7. The van der Waals surface area contributed by atoms with E-state index in [2.05, 4.69) is 40.9 Å². The zero-order valence-electron chi connectivity index (χ0n) is 29.0. The standard InChI is InChI=1S/C37H42ClFN8O2/c1-22(2)29-34(30(23(3)4)42-21-41-29)47-35-25(20-26(38)31(44-35)24-12-9-10-13-27(24)39)33(32(40-8)36(47)49)46-18-16-45(17-19-46)28(48)14-11-15-43-37(5,6)7/h9-14,20-23,43H,15-19H2,1-7H3/b14-11+. The summed E-state index contributed by atoms with van der Waals surface area (Å²) in [7, 11) is 0. The summed E-state index contributed by atoms with van der Waals surface area (Å²) in [5, 5.41) is 3.95. The van der Waals surface area contributed by atoms with Gasteiger partial charge in [0.1, 0.15) is 17.8 Å². The number of carbonyl (C=O) groups excluding carboxylic acids is 1. The second kappa shape index (κ2) is 14.4. The van der Waals surface area contributed by atoms with Gasteiger partial charge in [-0.3, -0.25) is 14.2 Å². The van der Waals surface area contributed by atoms with Gasteiger partial charge in [0.05, 0.1) is 40.1 Å². The van der Waals surface area contributed by atoms with Crippen LogP contribution in [0.25, 0.3) is 32.8 Å². The molecule has 1 aliphatic heterocycles. The molecule has 10 nitrogen and oxygen atoms in total. The highest BCUT2D eigenvalue weighted by molar-refractivity contribution is 6.34. The van der Waals surface area contributed by atoms with E-state index in [1.165, 1.54) is 17.0 Å². The predicted molar refractivity (Wildman–Crippen MR) is 193 cm³/mol. The fourth-order valence-corrected chi connectivity index (χ4v) is 6.24. The number of anilines is 1. The Kier molecular flexibility index (Phi) is 10.5. The van der Waals surface area contributed by atoms with Crippen molar-refractivity contribution < 1.29 is 9.18 Å². The Morgan fingerprint density at radius 1 is 1.06 bits per heavy atom. The number of aromatic nitrogens is 4. The molecule has 0 radical (unpaired) electrons. The molecular formula is C37H42ClFN8O2. The summed E-state index contributed by atoms with van der Waals surface area (Å²) >= 11 is 6.87. The van der Waals surface area contributed by atoms with E-state index in [0.717, 1.165) is 0 Å². The quantitative estimate of drug-likeness (QED) is 0.157. The monoisotopic (exact) mass is 684 g/mol. The molecule has 1 saturated heterocycles. The molecule has 1 aliphatic rings. The molecule has 1 N–H and O–H groups in total. The first-order chi connectivity index (χ1) is 23.2. The van der Waals surface area contributed by atoms with Crippen LogP contribution >= 0.6 is 11.6 Å². The van der Waals surface area contributed by atoms with Crippen LogP contribution in [0.5, 0.6) is 0 Å². The third kappa shape index (κ3) is 7.36. The van der Waals surface area contributed by atoms with Crippen LogP contribution in [0.3, 0.4) is 0 Å². The van der Waals surface area contributed by atoms with Gasteiger partial charge in [-0.2, -0.15) is 0 Å². The summed E-state index contributed by atoms with van der Waals surface area (Å²) in [6, 6.07) is 7.84. The predicted octanol–water partition coefficient (Wildman–Crippen LogP) is 7.03. The van der Waals surface area contributed by atoms with Crippen molar-refractivity contribution in [1.29, 1.82) is 0 Å². The number of halogens is 2. The van der Waals surface area contributed by atoms with Crippen molar-refractivity contribution in [2.24, 2.45) is 0 Å². The van der Waals surface area contributed by atoms with Gasteiger partial charge in [-0.15, -0.1) is 0 Å². The van der Waals surface area contributed by atoms with Crippen LogP contribution in [0, 0.1) is 12.4 Å². The van der Waals surface area contributed by atoms with E-state index in [0.29, 0.717) is 60.9 Å². The second-order valence-electron chi connectivity index (χ2n) is 13.8. The Bertz CT molecular complexity index is 1990. The van der Waals surface area contributed by atoms with Crippen LogP contribution in [-0.4, -0.2) is 68.6 Å². The molecule has 4 aromatic rings. The van der Waals surface area contributed by atoms with Crippen LogP contribution in [0.1, 0.15) is 71.7 Å². The Morgan fingerprint density at radius 3 is 2.27 bits per heavy atom. The third-order valence-electron chi connectivity index (χ3n) is 8.41. The molecule has 4 heterocycles. The number of rotatable bonds is 8. The molecule has 0 atom stereocenters. The molecule has 12 heteroatoms. The van der Waals surface area contributed by atoms with Crippen LogP contribution in [-0.2, 0) is 4.79 Å². The molecule has 0 bridgehead atoms. The first-order valence-electron chi connectivity index (χ1n) is 16.5. The average Bonchev–Trinajstić information content (AvgIpc) is 3.05. The van der Waals surface area contributed by atoms with Gasteiger partial charge >= 0.3 is 0 Å². The van der Waals surface area contributed by atoms with Crippen LogP contribution in [0.4, 0.5) is 15.8 Å². The number of benzene rings is 1. The number of fused-ring (bicyclic) bond motifs is 1. The highest BCUT2D eigenvalue weighted by atomic mass is 35.5. The number of pyridine rings is 2. The lowest BCUT2D eigenvalue weighted by Gasteiger charge is -2.37.